The maximum Gasteiger partial charge on any atom is 0.411 e. The molecule has 2 aromatic heterocycles. The van der Waals surface area contributed by atoms with Gasteiger partial charge in [0.25, 0.3) is 11.8 Å². The van der Waals surface area contributed by atoms with Gasteiger partial charge in [0, 0.05) is 58.8 Å². The zero-order chi connectivity index (χ0) is 32.8. The van der Waals surface area contributed by atoms with Gasteiger partial charge in [0.2, 0.25) is 5.91 Å². The molecular weight excluding hydrogens is 616 g/mol. The van der Waals surface area contributed by atoms with Crippen molar-refractivity contribution in [2.75, 3.05) is 14.1 Å². The Labute approximate surface area is 272 Å². The third kappa shape index (κ3) is 7.27. The first-order valence-corrected chi connectivity index (χ1v) is 16.3. The molecule has 242 valence electrons. The summed E-state index contributed by atoms with van der Waals surface area (Å²) in [6.07, 6.45) is 1.58. The highest BCUT2D eigenvalue weighted by atomic mass is 35.5. The number of carbonyl (C=O) groups is 4. The van der Waals surface area contributed by atoms with Crippen LogP contribution in [-0.4, -0.2) is 80.9 Å². The quantitative estimate of drug-likeness (QED) is 0.348. The molecule has 3 N–H and O–H groups in total. The second kappa shape index (κ2) is 12.3. The lowest BCUT2D eigenvalue weighted by Crippen LogP contribution is -2.56. The predicted octanol–water partition coefficient (Wildman–Crippen LogP) is 5.13. The third-order valence-corrected chi connectivity index (χ3v) is 9.65. The van der Waals surface area contributed by atoms with Crippen molar-refractivity contribution in [2.24, 2.45) is 5.92 Å². The SMILES string of the molecule is CN(C)C(=O)[C@H]1CC[C@H](NC(=O)c2cc3cc(Cl)ccc3[nH]2)[C@H](NC(=O)c2nc3c(s2)CC(C)(C)N(C(=O)OC(C)(C)C)C3)C1. The van der Waals surface area contributed by atoms with E-state index in [4.69, 9.17) is 16.3 Å². The molecule has 45 heavy (non-hydrogen) atoms. The molecule has 1 aliphatic carbocycles. The van der Waals surface area contributed by atoms with Crippen LogP contribution in [0.4, 0.5) is 4.79 Å². The summed E-state index contributed by atoms with van der Waals surface area (Å²) < 4.78 is 5.64. The van der Waals surface area contributed by atoms with E-state index in [9.17, 15) is 19.2 Å². The van der Waals surface area contributed by atoms with Crippen molar-refractivity contribution in [2.45, 2.75) is 90.1 Å². The minimum Gasteiger partial charge on any atom is -0.444 e. The number of hydrogen-bond acceptors (Lipinski definition) is 7. The summed E-state index contributed by atoms with van der Waals surface area (Å²) in [6.45, 7) is 9.65. The maximum absolute atomic E-state index is 13.7. The van der Waals surface area contributed by atoms with Crippen LogP contribution in [0.1, 0.15) is 84.7 Å². The van der Waals surface area contributed by atoms with Gasteiger partial charge in [-0.05, 0) is 78.1 Å². The summed E-state index contributed by atoms with van der Waals surface area (Å²) in [4.78, 5) is 64.8. The Hall–Kier alpha value is -3.64. The van der Waals surface area contributed by atoms with Gasteiger partial charge < -0.3 is 25.3 Å². The topological polar surface area (TPSA) is 137 Å². The van der Waals surface area contributed by atoms with Crippen molar-refractivity contribution in [1.82, 2.24) is 30.4 Å². The van der Waals surface area contributed by atoms with E-state index in [1.54, 1.807) is 42.1 Å². The number of H-pyrrole nitrogens is 1. The summed E-state index contributed by atoms with van der Waals surface area (Å²) >= 11 is 7.43. The molecule has 11 nitrogen and oxygen atoms in total. The second-order valence-corrected chi connectivity index (χ2v) is 15.3. The predicted molar refractivity (Wildman–Crippen MR) is 174 cm³/mol. The molecule has 5 rings (SSSR count). The molecule has 0 saturated heterocycles. The van der Waals surface area contributed by atoms with Crippen molar-refractivity contribution in [1.29, 1.82) is 0 Å². The van der Waals surface area contributed by atoms with Crippen molar-refractivity contribution < 1.29 is 23.9 Å². The first-order valence-electron chi connectivity index (χ1n) is 15.1. The van der Waals surface area contributed by atoms with Crippen LogP contribution in [-0.2, 0) is 22.5 Å². The second-order valence-electron chi connectivity index (χ2n) is 13.8. The summed E-state index contributed by atoms with van der Waals surface area (Å²) in [5.41, 5.74) is 0.676. The first-order chi connectivity index (χ1) is 21.0. The summed E-state index contributed by atoms with van der Waals surface area (Å²) in [6, 6.07) is 6.19. The summed E-state index contributed by atoms with van der Waals surface area (Å²) in [5.74, 6) is -0.987. The Morgan fingerprint density at radius 2 is 1.80 bits per heavy atom. The van der Waals surface area contributed by atoms with Gasteiger partial charge >= 0.3 is 6.09 Å². The molecule has 1 saturated carbocycles. The van der Waals surface area contributed by atoms with Gasteiger partial charge in [-0.15, -0.1) is 11.3 Å². The van der Waals surface area contributed by atoms with E-state index in [-0.39, 0.29) is 35.2 Å². The smallest absolute Gasteiger partial charge is 0.411 e. The highest BCUT2D eigenvalue weighted by Gasteiger charge is 2.41. The zero-order valence-corrected chi connectivity index (χ0v) is 28.3. The molecule has 1 fully saturated rings. The van der Waals surface area contributed by atoms with Gasteiger partial charge in [0.1, 0.15) is 11.3 Å². The van der Waals surface area contributed by atoms with Gasteiger partial charge in [-0.3, -0.25) is 19.3 Å². The Bertz CT molecular complexity index is 1640. The Balaban J connectivity index is 1.34. The van der Waals surface area contributed by atoms with E-state index < -0.39 is 29.3 Å². The highest BCUT2D eigenvalue weighted by Crippen LogP contribution is 2.35. The van der Waals surface area contributed by atoms with Crippen molar-refractivity contribution >= 4 is 57.7 Å². The van der Waals surface area contributed by atoms with Crippen LogP contribution in [0.25, 0.3) is 10.9 Å². The number of nitrogens with one attached hydrogen (secondary N) is 3. The number of aromatic nitrogens is 2. The minimum absolute atomic E-state index is 0.0132. The molecule has 3 heterocycles. The van der Waals surface area contributed by atoms with Crippen molar-refractivity contribution in [3.63, 3.8) is 0 Å². The van der Waals surface area contributed by atoms with Gasteiger partial charge in [0.15, 0.2) is 5.01 Å². The molecule has 0 bridgehead atoms. The largest absolute Gasteiger partial charge is 0.444 e. The number of fused-ring (bicyclic) bond motifs is 2. The Morgan fingerprint density at radius 3 is 2.49 bits per heavy atom. The number of hydrogen-bond donors (Lipinski definition) is 3. The average Bonchev–Trinajstić information content (AvgIpc) is 3.55. The fourth-order valence-electron chi connectivity index (χ4n) is 6.02. The number of amides is 4. The number of ether oxygens (including phenoxy) is 1. The lowest BCUT2D eigenvalue weighted by Gasteiger charge is -2.41. The normalized spacial score (nSPS) is 21.2. The van der Waals surface area contributed by atoms with Crippen LogP contribution >= 0.6 is 22.9 Å². The average molecular weight is 657 g/mol. The van der Waals surface area contributed by atoms with Crippen LogP contribution < -0.4 is 10.6 Å². The molecule has 13 heteroatoms. The van der Waals surface area contributed by atoms with E-state index in [1.807, 2.05) is 40.7 Å². The monoisotopic (exact) mass is 656 g/mol. The van der Waals surface area contributed by atoms with Gasteiger partial charge in [-0.2, -0.15) is 0 Å². The van der Waals surface area contributed by atoms with Crippen LogP contribution in [0.3, 0.4) is 0 Å². The fraction of sp³-hybridized carbons (Fsp3) is 0.531. The van der Waals surface area contributed by atoms with E-state index in [0.29, 0.717) is 42.1 Å². The molecule has 0 unspecified atom stereocenters. The Kier molecular flexibility index (Phi) is 8.93. The molecule has 4 amide bonds. The Morgan fingerprint density at radius 1 is 1.09 bits per heavy atom. The maximum atomic E-state index is 13.7. The lowest BCUT2D eigenvalue weighted by atomic mass is 9.81. The first kappa shape index (κ1) is 32.7. The van der Waals surface area contributed by atoms with Crippen LogP contribution in [0.5, 0.6) is 0 Å². The highest BCUT2D eigenvalue weighted by molar-refractivity contribution is 7.13. The standard InChI is InChI=1S/C32H41ClN6O5S/c1-31(2,3)44-30(43)39-16-24-25(15-32(39,4)5)45-28(37-24)27(41)36-22-13-17(29(42)38(6)7)8-10-21(22)35-26(40)23-14-18-12-19(33)9-11-20(18)34-23/h9,11-12,14,17,21-22,34H,8,10,13,15-16H2,1-7H3,(H,35,40)(H,36,41)/t17-,21-,22+/m0/s1. The minimum atomic E-state index is -0.638. The van der Waals surface area contributed by atoms with Crippen LogP contribution in [0.15, 0.2) is 24.3 Å². The van der Waals surface area contributed by atoms with Crippen molar-refractivity contribution in [3.8, 4) is 0 Å². The van der Waals surface area contributed by atoms with Crippen LogP contribution in [0, 0.1) is 5.92 Å². The van der Waals surface area contributed by atoms with Crippen molar-refractivity contribution in [3.05, 3.63) is 50.6 Å². The number of rotatable bonds is 5. The summed E-state index contributed by atoms with van der Waals surface area (Å²) in [5, 5.41) is 7.84. The number of benzene rings is 1. The molecule has 3 atom stereocenters. The number of halogens is 1. The van der Waals surface area contributed by atoms with E-state index in [1.165, 1.54) is 11.3 Å². The van der Waals surface area contributed by atoms with Gasteiger partial charge in [-0.1, -0.05) is 11.6 Å². The number of carbonyl (C=O) groups excluding carboxylic acids is 4. The van der Waals surface area contributed by atoms with E-state index in [0.717, 1.165) is 15.8 Å². The fourth-order valence-corrected chi connectivity index (χ4v) is 7.39. The third-order valence-electron chi connectivity index (χ3n) is 8.32. The van der Waals surface area contributed by atoms with E-state index in [2.05, 4.69) is 20.6 Å². The molecular formula is C32H41ClN6O5S. The lowest BCUT2D eigenvalue weighted by molar-refractivity contribution is -0.134. The molecule has 3 aromatic rings. The molecule has 0 radical (unpaired) electrons. The van der Waals surface area contributed by atoms with Gasteiger partial charge in [0.05, 0.1) is 18.3 Å². The number of aromatic amines is 1. The zero-order valence-electron chi connectivity index (χ0n) is 26.7. The number of nitrogens with zero attached hydrogens (tertiary/aromatic N) is 3. The number of thiazole rings is 1. The molecule has 2 aliphatic rings. The summed E-state index contributed by atoms with van der Waals surface area (Å²) in [7, 11) is 3.43. The molecule has 1 aliphatic heterocycles. The molecule has 0 spiro atoms. The van der Waals surface area contributed by atoms with E-state index >= 15 is 0 Å². The van der Waals surface area contributed by atoms with Gasteiger partial charge in [-0.25, -0.2) is 9.78 Å². The molecule has 1 aromatic carbocycles. The van der Waals surface area contributed by atoms with Crippen LogP contribution in [0.2, 0.25) is 5.02 Å².